The van der Waals surface area contributed by atoms with Gasteiger partial charge in [0.15, 0.2) is 0 Å². The summed E-state index contributed by atoms with van der Waals surface area (Å²) < 4.78 is 7.05. The normalized spacial score (nSPS) is 16.6. The standard InChI is InChI=1S/C19H18N2O4S/c1-10-11(16-7-13-14(20-2)8-25-9-17(13)26-16)5-6-21-15(10)4-3-12(18(21)22)19(23)24/h3-7,14,20H,8-9H2,1-2H3,(H,23,24). The van der Waals surface area contributed by atoms with Crippen LogP contribution < -0.4 is 10.9 Å². The molecule has 26 heavy (non-hydrogen) atoms. The Morgan fingerprint density at radius 1 is 1.38 bits per heavy atom. The van der Waals surface area contributed by atoms with Crippen LogP contribution in [0.25, 0.3) is 16.0 Å². The molecule has 4 rings (SSSR count). The molecule has 7 heteroatoms. The van der Waals surface area contributed by atoms with Crippen molar-refractivity contribution in [3.8, 4) is 10.4 Å². The van der Waals surface area contributed by atoms with E-state index in [9.17, 15) is 9.59 Å². The molecule has 0 bridgehead atoms. The summed E-state index contributed by atoms with van der Waals surface area (Å²) >= 11 is 1.70. The summed E-state index contributed by atoms with van der Waals surface area (Å²) in [4.78, 5) is 25.9. The Hall–Kier alpha value is -2.48. The minimum absolute atomic E-state index is 0.185. The number of aromatic carboxylic acids is 1. The third kappa shape index (κ3) is 2.56. The van der Waals surface area contributed by atoms with Crippen LogP contribution in [0.4, 0.5) is 0 Å². The van der Waals surface area contributed by atoms with E-state index in [-0.39, 0.29) is 11.6 Å². The second kappa shape index (κ2) is 6.35. The maximum absolute atomic E-state index is 12.4. The molecule has 1 aliphatic heterocycles. The number of carbonyl (C=O) groups is 1. The van der Waals surface area contributed by atoms with Crippen LogP contribution in [0.15, 0.2) is 35.3 Å². The van der Waals surface area contributed by atoms with Crippen LogP contribution in [0.3, 0.4) is 0 Å². The summed E-state index contributed by atoms with van der Waals surface area (Å²) in [5.74, 6) is -1.21. The summed E-state index contributed by atoms with van der Waals surface area (Å²) in [6, 6.07) is 7.32. The van der Waals surface area contributed by atoms with Crippen LogP contribution in [-0.2, 0) is 11.3 Å². The summed E-state index contributed by atoms with van der Waals surface area (Å²) in [6.07, 6.45) is 1.65. The lowest BCUT2D eigenvalue weighted by molar-refractivity contribution is 0.0694. The molecule has 0 radical (unpaired) electrons. The van der Waals surface area contributed by atoms with E-state index < -0.39 is 11.5 Å². The lowest BCUT2D eigenvalue weighted by Crippen LogP contribution is -2.25. The topological polar surface area (TPSA) is 80.0 Å². The molecule has 0 aliphatic carbocycles. The van der Waals surface area contributed by atoms with Crippen molar-refractivity contribution in [2.24, 2.45) is 0 Å². The summed E-state index contributed by atoms with van der Waals surface area (Å²) in [6.45, 7) is 3.23. The van der Waals surface area contributed by atoms with Gasteiger partial charge in [-0.1, -0.05) is 0 Å². The van der Waals surface area contributed by atoms with Gasteiger partial charge in [0.2, 0.25) is 0 Å². The van der Waals surface area contributed by atoms with Crippen molar-refractivity contribution in [3.63, 3.8) is 0 Å². The molecular formula is C19H18N2O4S. The highest BCUT2D eigenvalue weighted by Gasteiger charge is 2.23. The van der Waals surface area contributed by atoms with Gasteiger partial charge in [-0.05, 0) is 54.9 Å². The molecule has 2 N–H and O–H groups in total. The SMILES string of the molecule is CNC1COCc2sc(-c3ccn4c(=O)c(C(=O)O)ccc4c3C)cc21. The third-order valence-electron chi connectivity index (χ3n) is 4.87. The predicted octanol–water partition coefficient (Wildman–Crippen LogP) is 2.83. The quantitative estimate of drug-likeness (QED) is 0.741. The summed E-state index contributed by atoms with van der Waals surface area (Å²) in [5, 5.41) is 12.4. The van der Waals surface area contributed by atoms with Crippen LogP contribution in [0.1, 0.15) is 32.4 Å². The van der Waals surface area contributed by atoms with E-state index in [0.29, 0.717) is 18.7 Å². The number of hydrogen-bond acceptors (Lipinski definition) is 5. The van der Waals surface area contributed by atoms with Gasteiger partial charge in [0.05, 0.1) is 24.8 Å². The average molecular weight is 370 g/mol. The highest BCUT2D eigenvalue weighted by Crippen LogP contribution is 2.39. The minimum Gasteiger partial charge on any atom is -0.477 e. The fourth-order valence-corrected chi connectivity index (χ4v) is 4.67. The maximum Gasteiger partial charge on any atom is 0.341 e. The van der Waals surface area contributed by atoms with Gasteiger partial charge in [-0.15, -0.1) is 11.3 Å². The number of carboxylic acids is 1. The van der Waals surface area contributed by atoms with Crippen molar-refractivity contribution in [2.45, 2.75) is 19.6 Å². The van der Waals surface area contributed by atoms with Crippen LogP contribution >= 0.6 is 11.3 Å². The van der Waals surface area contributed by atoms with Gasteiger partial charge in [0, 0.05) is 16.0 Å². The van der Waals surface area contributed by atoms with Gasteiger partial charge in [0.1, 0.15) is 5.56 Å². The molecule has 0 spiro atoms. The number of nitrogens with zero attached hydrogens (tertiary/aromatic N) is 1. The van der Waals surface area contributed by atoms with Gasteiger partial charge in [-0.25, -0.2) is 4.79 Å². The largest absolute Gasteiger partial charge is 0.477 e. The zero-order chi connectivity index (χ0) is 18.4. The molecule has 134 valence electrons. The molecule has 1 aliphatic rings. The fourth-order valence-electron chi connectivity index (χ4n) is 3.43. The van der Waals surface area contributed by atoms with Crippen molar-refractivity contribution >= 4 is 22.8 Å². The van der Waals surface area contributed by atoms with Crippen LogP contribution in [0.5, 0.6) is 0 Å². The first-order valence-electron chi connectivity index (χ1n) is 8.27. The molecule has 0 amide bonds. The number of carboxylic acid groups (broad SMARTS) is 1. The van der Waals surface area contributed by atoms with E-state index in [1.54, 1.807) is 23.6 Å². The Labute approximate surface area is 153 Å². The zero-order valence-electron chi connectivity index (χ0n) is 14.4. The van der Waals surface area contributed by atoms with Gasteiger partial charge in [-0.3, -0.25) is 9.20 Å². The number of nitrogens with one attached hydrogen (secondary N) is 1. The third-order valence-corrected chi connectivity index (χ3v) is 6.03. The maximum atomic E-state index is 12.4. The highest BCUT2D eigenvalue weighted by molar-refractivity contribution is 7.15. The van der Waals surface area contributed by atoms with E-state index in [0.717, 1.165) is 16.0 Å². The predicted molar refractivity (Wildman–Crippen MR) is 100 cm³/mol. The number of rotatable bonds is 3. The number of fused-ring (bicyclic) bond motifs is 2. The molecule has 0 saturated heterocycles. The number of aryl methyl sites for hydroxylation is 1. The van der Waals surface area contributed by atoms with Crippen molar-refractivity contribution in [1.29, 1.82) is 0 Å². The molecule has 1 atom stereocenters. The van der Waals surface area contributed by atoms with Crippen LogP contribution in [0.2, 0.25) is 0 Å². The number of thiophene rings is 1. The Kier molecular flexibility index (Phi) is 4.14. The van der Waals surface area contributed by atoms with Crippen molar-refractivity contribution in [1.82, 2.24) is 9.72 Å². The molecule has 0 aromatic carbocycles. The average Bonchev–Trinajstić information content (AvgIpc) is 3.06. The van der Waals surface area contributed by atoms with E-state index >= 15 is 0 Å². The first-order chi connectivity index (χ1) is 12.5. The van der Waals surface area contributed by atoms with Crippen molar-refractivity contribution in [3.05, 3.63) is 62.4 Å². The lowest BCUT2D eigenvalue weighted by Gasteiger charge is -2.21. The van der Waals surface area contributed by atoms with Gasteiger partial charge >= 0.3 is 5.97 Å². The number of pyridine rings is 2. The first kappa shape index (κ1) is 17.0. The number of ether oxygens (including phenoxy) is 1. The number of aromatic nitrogens is 1. The smallest absolute Gasteiger partial charge is 0.341 e. The molecule has 4 heterocycles. The number of hydrogen-bond donors (Lipinski definition) is 2. The van der Waals surface area contributed by atoms with E-state index in [1.165, 1.54) is 20.9 Å². The van der Waals surface area contributed by atoms with E-state index in [2.05, 4.69) is 11.4 Å². The minimum atomic E-state index is -1.21. The monoisotopic (exact) mass is 370 g/mol. The second-order valence-corrected chi connectivity index (χ2v) is 7.45. The molecule has 6 nitrogen and oxygen atoms in total. The Morgan fingerprint density at radius 3 is 2.92 bits per heavy atom. The molecular weight excluding hydrogens is 352 g/mol. The van der Waals surface area contributed by atoms with E-state index in [1.807, 2.05) is 20.0 Å². The Morgan fingerprint density at radius 2 is 2.19 bits per heavy atom. The second-order valence-electron chi connectivity index (χ2n) is 6.31. The van der Waals surface area contributed by atoms with Gasteiger partial charge in [-0.2, -0.15) is 0 Å². The highest BCUT2D eigenvalue weighted by atomic mass is 32.1. The van der Waals surface area contributed by atoms with Crippen LogP contribution in [0, 0.1) is 6.92 Å². The van der Waals surface area contributed by atoms with Crippen molar-refractivity contribution in [2.75, 3.05) is 13.7 Å². The van der Waals surface area contributed by atoms with Gasteiger partial charge in [0.25, 0.3) is 5.56 Å². The molecule has 1 unspecified atom stereocenters. The summed E-state index contributed by atoms with van der Waals surface area (Å²) in [5.41, 5.74) is 3.22. The fraction of sp³-hybridized carbons (Fsp3) is 0.263. The van der Waals surface area contributed by atoms with E-state index in [4.69, 9.17) is 9.84 Å². The first-order valence-corrected chi connectivity index (χ1v) is 9.09. The van der Waals surface area contributed by atoms with Crippen molar-refractivity contribution < 1.29 is 14.6 Å². The molecule has 0 saturated carbocycles. The summed E-state index contributed by atoms with van der Waals surface area (Å²) in [7, 11) is 1.92. The molecule has 0 fully saturated rings. The molecule has 3 aromatic rings. The Bertz CT molecular complexity index is 1080. The molecule has 3 aromatic heterocycles. The van der Waals surface area contributed by atoms with Crippen LogP contribution in [-0.4, -0.2) is 29.1 Å². The lowest BCUT2D eigenvalue weighted by atomic mass is 10.0. The zero-order valence-corrected chi connectivity index (χ0v) is 15.2. The Balaban J connectivity index is 1.87. The van der Waals surface area contributed by atoms with Gasteiger partial charge < -0.3 is 15.2 Å². The number of likely N-dealkylation sites (N-methyl/N-ethyl adjacent to an activating group) is 1.